The number of hydrogen-bond donors (Lipinski definition) is 2. The molecule has 2 N–H and O–H groups in total. The van der Waals surface area contributed by atoms with Gasteiger partial charge in [-0.2, -0.15) is 0 Å². The van der Waals surface area contributed by atoms with Crippen molar-refractivity contribution in [2.75, 3.05) is 26.2 Å². The Bertz CT molecular complexity index is 1650. The van der Waals surface area contributed by atoms with Gasteiger partial charge in [-0.15, -0.1) is 0 Å². The van der Waals surface area contributed by atoms with Crippen molar-refractivity contribution in [2.45, 2.75) is 220 Å². The first-order valence-corrected chi connectivity index (χ1v) is 25.9. The smallest absolute Gasteiger partial charge is 0.300 e. The number of amides is 2. The highest BCUT2D eigenvalue weighted by Gasteiger charge is 2.42. The first-order chi connectivity index (χ1) is 30.6. The lowest BCUT2D eigenvalue weighted by Gasteiger charge is -2.31. The maximum atomic E-state index is 15.5. The summed E-state index contributed by atoms with van der Waals surface area (Å²) in [5.41, 5.74) is 6.11. The van der Waals surface area contributed by atoms with Crippen molar-refractivity contribution in [3.63, 3.8) is 0 Å². The molecule has 2 amide bonds. The number of unbranched alkanes of at least 4 members (excludes halogenated alkanes) is 18. The Labute approximate surface area is 415 Å². The van der Waals surface area contributed by atoms with Crippen molar-refractivity contribution >= 4 is 24.4 Å². The fraction of sp³-hybridized carbons (Fsp3) is 0.655. The van der Waals surface area contributed by atoms with E-state index in [4.69, 9.17) is 0 Å². The molecule has 372 valence electrons. The van der Waals surface area contributed by atoms with Crippen LogP contribution in [-0.2, 0) is 30.0 Å². The topological polar surface area (TPSA) is 77.2 Å². The minimum Gasteiger partial charge on any atom is -1.00 e. The van der Waals surface area contributed by atoms with E-state index >= 15 is 9.59 Å². The summed E-state index contributed by atoms with van der Waals surface area (Å²) in [5.74, 6) is -1.07. The number of Topliss-reactive ketones (excluding diaryl/α,β-unsaturated/α-hetero) is 2. The van der Waals surface area contributed by atoms with Gasteiger partial charge in [0.2, 0.25) is 0 Å². The van der Waals surface area contributed by atoms with E-state index in [1.54, 1.807) is 0 Å². The van der Waals surface area contributed by atoms with Crippen LogP contribution < -0.4 is 34.6 Å². The molecule has 2 aromatic rings. The van der Waals surface area contributed by atoms with Crippen LogP contribution >= 0.6 is 0 Å². The summed E-state index contributed by atoms with van der Waals surface area (Å²) >= 11 is 0. The molecule has 8 heteroatoms. The predicted molar refractivity (Wildman–Crippen MR) is 268 cm³/mol. The number of ketones is 2. The van der Waals surface area contributed by atoms with Gasteiger partial charge in [-0.05, 0) is 58.8 Å². The van der Waals surface area contributed by atoms with Crippen LogP contribution in [0.5, 0.6) is 0 Å². The number of allylic oxidation sites excluding steroid dienone is 2. The van der Waals surface area contributed by atoms with Crippen LogP contribution in [-0.4, -0.2) is 50.6 Å². The number of halogens is 2. The Morgan fingerprint density at radius 3 is 0.939 bits per heavy atom. The summed E-state index contributed by atoms with van der Waals surface area (Å²) < 4.78 is 0. The molecule has 1 aliphatic carbocycles. The average Bonchev–Trinajstić information content (AvgIpc) is 3.27. The summed E-state index contributed by atoms with van der Waals surface area (Å²) in [6.07, 6.45) is 26.0. The predicted octanol–water partition coefficient (Wildman–Crippen LogP) is 5.87. The molecule has 0 radical (unpaired) electrons. The Kier molecular flexibility index (Phi) is 29.6. The minimum atomic E-state index is -0.384. The van der Waals surface area contributed by atoms with Gasteiger partial charge in [-0.1, -0.05) is 221 Å². The number of carbonyl (C=O) groups excluding carboxylic acids is 4. The lowest BCUT2D eigenvalue weighted by molar-refractivity contribution is -0.805. The second-order valence-corrected chi connectivity index (χ2v) is 21.4. The Balaban J connectivity index is 0.0000109. The zero-order valence-electron chi connectivity index (χ0n) is 43.3. The fourth-order valence-electron chi connectivity index (χ4n) is 9.50. The van der Waals surface area contributed by atoms with Crippen LogP contribution in [0.2, 0.25) is 0 Å². The molecule has 0 saturated heterocycles. The van der Waals surface area contributed by atoms with Gasteiger partial charge in [0.15, 0.2) is 11.6 Å². The number of benzene rings is 2. The molecular formula is C58H92Cl2N2O4. The molecule has 0 heterocycles. The lowest BCUT2D eigenvalue weighted by Crippen LogP contribution is -3.11. The van der Waals surface area contributed by atoms with Gasteiger partial charge in [0.1, 0.15) is 13.1 Å². The molecule has 3 rings (SSSR count). The van der Waals surface area contributed by atoms with Gasteiger partial charge in [-0.25, -0.2) is 9.59 Å². The first kappa shape index (κ1) is 61.1. The standard InChI is InChI=1S/C58H90N2O4.2ClH/c1-11-13-15-17-19-21-23-25-27-29-39-59(43-61)41-51-53(45(3)47-31-35-49(36-32-47)57(5,6)7)56(64)52(42-60(44-62)40-30-28-26-24-22-20-18-16-14-12-2)54(55(51)63)46(4)48-33-37-50(38-34-48)58(8,9)10;;/h31-38,43-46H,11-30,39-42H2,1-10H3;2*1H. The normalized spacial score (nSPS) is 15.2. The molecule has 0 saturated carbocycles. The number of hydrogen-bond acceptors (Lipinski definition) is 4. The van der Waals surface area contributed by atoms with E-state index in [1.165, 1.54) is 101 Å². The average molecular weight is 952 g/mol. The van der Waals surface area contributed by atoms with Gasteiger partial charge < -0.3 is 24.8 Å². The van der Waals surface area contributed by atoms with E-state index in [1.807, 2.05) is 13.8 Å². The lowest BCUT2D eigenvalue weighted by atomic mass is 9.72. The van der Waals surface area contributed by atoms with Crippen molar-refractivity contribution in [2.24, 2.45) is 0 Å². The fourth-order valence-corrected chi connectivity index (χ4v) is 9.50. The molecule has 4 atom stereocenters. The second kappa shape index (κ2) is 32.0. The van der Waals surface area contributed by atoms with Gasteiger partial charge >= 0.3 is 0 Å². The Morgan fingerprint density at radius 1 is 0.439 bits per heavy atom. The molecule has 66 heavy (non-hydrogen) atoms. The van der Waals surface area contributed by atoms with Crippen LogP contribution in [0.15, 0.2) is 70.8 Å². The first-order valence-electron chi connectivity index (χ1n) is 25.9. The molecule has 0 bridgehead atoms. The summed E-state index contributed by atoms with van der Waals surface area (Å²) in [6, 6.07) is 16.9. The highest BCUT2D eigenvalue weighted by atomic mass is 35.5. The summed E-state index contributed by atoms with van der Waals surface area (Å²) in [4.78, 5) is 58.0. The van der Waals surface area contributed by atoms with Crippen LogP contribution in [0.3, 0.4) is 0 Å². The van der Waals surface area contributed by atoms with Crippen molar-refractivity contribution in [1.82, 2.24) is 0 Å². The van der Waals surface area contributed by atoms with Gasteiger partial charge in [0.25, 0.3) is 12.8 Å². The maximum Gasteiger partial charge on any atom is 0.300 e. The van der Waals surface area contributed by atoms with Crippen LogP contribution in [0.25, 0.3) is 0 Å². The molecule has 6 nitrogen and oxygen atoms in total. The molecule has 0 aromatic heterocycles. The SMILES string of the molecule is CCCCCCCCCCCC[NH+](C=O)CC1=C(C(C)c2ccc(C(C)(C)C)cc2)C(=O)C(C[NH+](C=O)CCCCCCCCCCCC)=C(C(C)c2ccc(C(C)(C)C)cc2)C1=O.[Cl-].[Cl-]. The molecule has 0 spiro atoms. The number of carbonyl (C=O) groups is 4. The quantitative estimate of drug-likeness (QED) is 0.0548. The van der Waals surface area contributed by atoms with Crippen LogP contribution in [0.4, 0.5) is 0 Å². The van der Waals surface area contributed by atoms with E-state index in [0.717, 1.165) is 62.5 Å². The van der Waals surface area contributed by atoms with Crippen molar-refractivity contribution in [3.05, 3.63) is 93.1 Å². The van der Waals surface area contributed by atoms with Gasteiger partial charge in [0.05, 0.1) is 24.2 Å². The minimum absolute atomic E-state index is 0. The molecule has 2 aromatic carbocycles. The molecule has 0 fully saturated rings. The van der Waals surface area contributed by atoms with Crippen molar-refractivity contribution in [3.8, 4) is 0 Å². The number of rotatable bonds is 32. The summed E-state index contributed by atoms with van der Waals surface area (Å²) in [7, 11) is 0. The van der Waals surface area contributed by atoms with Crippen molar-refractivity contribution < 1.29 is 53.8 Å². The van der Waals surface area contributed by atoms with Gasteiger partial charge in [-0.3, -0.25) is 19.4 Å². The molecule has 4 unspecified atom stereocenters. The van der Waals surface area contributed by atoms with Crippen LogP contribution in [0, 0.1) is 0 Å². The van der Waals surface area contributed by atoms with Gasteiger partial charge in [0, 0.05) is 23.0 Å². The van der Waals surface area contributed by atoms with E-state index in [-0.39, 0.29) is 72.1 Å². The summed E-state index contributed by atoms with van der Waals surface area (Å²) in [5, 5.41) is 0. The van der Waals surface area contributed by atoms with E-state index in [2.05, 4.69) is 104 Å². The zero-order valence-corrected chi connectivity index (χ0v) is 44.8. The van der Waals surface area contributed by atoms with E-state index in [0.29, 0.717) is 45.2 Å². The number of nitrogens with one attached hydrogen (secondary N) is 2. The Morgan fingerprint density at radius 2 is 0.697 bits per heavy atom. The monoisotopic (exact) mass is 951 g/mol. The van der Waals surface area contributed by atoms with E-state index in [9.17, 15) is 9.59 Å². The highest BCUT2D eigenvalue weighted by Crippen LogP contribution is 2.40. The third-order valence-corrected chi connectivity index (χ3v) is 14.0. The Hall–Kier alpha value is -2.90. The zero-order chi connectivity index (χ0) is 47.1. The van der Waals surface area contributed by atoms with Crippen LogP contribution in [0.1, 0.15) is 232 Å². The largest absolute Gasteiger partial charge is 1.00 e. The molecule has 0 aliphatic heterocycles. The number of quaternary nitrogens is 2. The second-order valence-electron chi connectivity index (χ2n) is 21.4. The third-order valence-electron chi connectivity index (χ3n) is 14.0. The maximum absolute atomic E-state index is 15.5. The molecule has 1 aliphatic rings. The highest BCUT2D eigenvalue weighted by molar-refractivity contribution is 6.26. The third kappa shape index (κ3) is 20.0. The molecular weight excluding hydrogens is 860 g/mol. The summed E-state index contributed by atoms with van der Waals surface area (Å²) in [6.45, 7) is 23.3. The van der Waals surface area contributed by atoms with Crippen molar-refractivity contribution in [1.29, 1.82) is 0 Å². The van der Waals surface area contributed by atoms with E-state index < -0.39 is 0 Å².